The Kier molecular flexibility index (Phi) is 7.05. The van der Waals surface area contributed by atoms with Crippen LogP contribution in [0.25, 0.3) is 16.9 Å². The number of aromatic nitrogens is 2. The summed E-state index contributed by atoms with van der Waals surface area (Å²) >= 11 is 12.3. The lowest BCUT2D eigenvalue weighted by Crippen LogP contribution is -2.41. The number of nitrogens with zero attached hydrogens (tertiary/aromatic N) is 3. The SMILES string of the molecule is CC(C)CN(CC(=O)Nc1cc(-c2ccccc2)nn1-c1ccc(Cl)c(Cl)c1)C(=O)C1CC1. The summed E-state index contributed by atoms with van der Waals surface area (Å²) in [5.41, 5.74) is 2.28. The van der Waals surface area contributed by atoms with Gasteiger partial charge in [-0.2, -0.15) is 5.10 Å². The first-order valence-corrected chi connectivity index (χ1v) is 11.8. The van der Waals surface area contributed by atoms with E-state index < -0.39 is 0 Å². The van der Waals surface area contributed by atoms with Crippen molar-refractivity contribution in [1.82, 2.24) is 14.7 Å². The third-order valence-electron chi connectivity index (χ3n) is 5.35. The van der Waals surface area contributed by atoms with Crippen molar-refractivity contribution < 1.29 is 9.59 Å². The summed E-state index contributed by atoms with van der Waals surface area (Å²) in [6.07, 6.45) is 1.80. The zero-order valence-electron chi connectivity index (χ0n) is 18.6. The first kappa shape index (κ1) is 23.3. The summed E-state index contributed by atoms with van der Waals surface area (Å²) in [5, 5.41) is 8.46. The van der Waals surface area contributed by atoms with Gasteiger partial charge in [0.2, 0.25) is 11.8 Å². The third-order valence-corrected chi connectivity index (χ3v) is 6.09. The van der Waals surface area contributed by atoms with Gasteiger partial charge >= 0.3 is 0 Å². The number of hydrogen-bond donors (Lipinski definition) is 1. The second-order valence-corrected chi connectivity index (χ2v) is 9.54. The molecule has 1 fully saturated rings. The van der Waals surface area contributed by atoms with E-state index in [0.29, 0.717) is 33.8 Å². The van der Waals surface area contributed by atoms with Crippen molar-refractivity contribution in [2.24, 2.45) is 11.8 Å². The first-order chi connectivity index (χ1) is 15.8. The van der Waals surface area contributed by atoms with Crippen molar-refractivity contribution in [3.8, 4) is 16.9 Å². The number of rotatable bonds is 8. The van der Waals surface area contributed by atoms with Crippen LogP contribution in [0.5, 0.6) is 0 Å². The van der Waals surface area contributed by atoms with Gasteiger partial charge in [-0.3, -0.25) is 9.59 Å². The average molecular weight is 485 g/mol. The largest absolute Gasteiger partial charge is 0.333 e. The molecule has 3 aromatic rings. The molecule has 0 unspecified atom stereocenters. The van der Waals surface area contributed by atoms with Crippen molar-refractivity contribution in [2.75, 3.05) is 18.4 Å². The lowest BCUT2D eigenvalue weighted by atomic mass is 10.1. The highest BCUT2D eigenvalue weighted by Crippen LogP contribution is 2.32. The Labute approximate surface area is 203 Å². The van der Waals surface area contributed by atoms with E-state index in [9.17, 15) is 9.59 Å². The maximum absolute atomic E-state index is 13.0. The van der Waals surface area contributed by atoms with Gasteiger partial charge in [-0.25, -0.2) is 4.68 Å². The number of hydrogen-bond acceptors (Lipinski definition) is 3. The normalized spacial score (nSPS) is 13.2. The molecule has 172 valence electrons. The molecule has 0 bridgehead atoms. The molecule has 2 amide bonds. The highest BCUT2D eigenvalue weighted by molar-refractivity contribution is 6.42. The molecule has 1 heterocycles. The number of anilines is 1. The summed E-state index contributed by atoms with van der Waals surface area (Å²) in [6, 6.07) is 16.7. The molecular formula is C25H26Cl2N4O2. The van der Waals surface area contributed by atoms with Crippen LogP contribution in [0.4, 0.5) is 5.82 Å². The Morgan fingerprint density at radius 2 is 1.82 bits per heavy atom. The van der Waals surface area contributed by atoms with Crippen molar-refractivity contribution in [2.45, 2.75) is 26.7 Å². The topological polar surface area (TPSA) is 67.2 Å². The number of nitrogens with one attached hydrogen (secondary N) is 1. The highest BCUT2D eigenvalue weighted by Gasteiger charge is 2.34. The molecule has 0 spiro atoms. The van der Waals surface area contributed by atoms with Crippen molar-refractivity contribution in [3.05, 3.63) is 64.6 Å². The van der Waals surface area contributed by atoms with Gasteiger partial charge in [0, 0.05) is 24.1 Å². The Hall–Kier alpha value is -2.83. The second kappa shape index (κ2) is 9.98. The van der Waals surface area contributed by atoms with Crippen LogP contribution in [-0.2, 0) is 9.59 Å². The van der Waals surface area contributed by atoms with Gasteiger partial charge in [0.25, 0.3) is 0 Å². The molecule has 0 saturated heterocycles. The predicted octanol–water partition coefficient (Wildman–Crippen LogP) is 5.68. The number of carbonyl (C=O) groups is 2. The van der Waals surface area contributed by atoms with E-state index in [0.717, 1.165) is 18.4 Å². The van der Waals surface area contributed by atoms with Crippen LogP contribution in [0.1, 0.15) is 26.7 Å². The van der Waals surface area contributed by atoms with E-state index in [4.69, 9.17) is 28.3 Å². The van der Waals surface area contributed by atoms with Crippen LogP contribution in [-0.4, -0.2) is 39.6 Å². The quantitative estimate of drug-likeness (QED) is 0.447. The van der Waals surface area contributed by atoms with Crippen LogP contribution in [0.2, 0.25) is 10.0 Å². The smallest absolute Gasteiger partial charge is 0.245 e. The van der Waals surface area contributed by atoms with Crippen LogP contribution >= 0.6 is 23.2 Å². The fourth-order valence-electron chi connectivity index (χ4n) is 3.65. The molecule has 0 atom stereocenters. The van der Waals surface area contributed by atoms with Gasteiger partial charge in [-0.05, 0) is 37.0 Å². The Morgan fingerprint density at radius 1 is 1.09 bits per heavy atom. The number of amides is 2. The van der Waals surface area contributed by atoms with Gasteiger partial charge in [-0.1, -0.05) is 67.4 Å². The summed E-state index contributed by atoms with van der Waals surface area (Å²) in [4.78, 5) is 27.3. The standard InChI is InChI=1S/C25H26Cl2N4O2/c1-16(2)14-30(25(33)18-8-9-18)15-24(32)28-23-13-22(17-6-4-3-5-7-17)29-31(23)19-10-11-20(26)21(27)12-19/h3-7,10-13,16,18H,8-9,14-15H2,1-2H3,(H,28,32). The Balaban J connectivity index is 1.62. The van der Waals surface area contributed by atoms with Crippen molar-refractivity contribution >= 4 is 40.8 Å². The third kappa shape index (κ3) is 5.75. The van der Waals surface area contributed by atoms with Crippen LogP contribution in [0, 0.1) is 11.8 Å². The molecule has 1 N–H and O–H groups in total. The Morgan fingerprint density at radius 3 is 2.45 bits per heavy atom. The molecule has 1 saturated carbocycles. The van der Waals surface area contributed by atoms with Crippen LogP contribution in [0.3, 0.4) is 0 Å². The zero-order valence-corrected chi connectivity index (χ0v) is 20.1. The van der Waals surface area contributed by atoms with Crippen molar-refractivity contribution in [3.63, 3.8) is 0 Å². The molecule has 1 aliphatic carbocycles. The summed E-state index contributed by atoms with van der Waals surface area (Å²) in [7, 11) is 0. The van der Waals surface area contributed by atoms with Gasteiger partial charge in [-0.15, -0.1) is 0 Å². The molecule has 0 aliphatic heterocycles. The molecular weight excluding hydrogens is 459 g/mol. The number of benzene rings is 2. The fourth-order valence-corrected chi connectivity index (χ4v) is 3.94. The van der Waals surface area contributed by atoms with Crippen molar-refractivity contribution in [1.29, 1.82) is 0 Å². The van der Waals surface area contributed by atoms with Gasteiger partial charge in [0.15, 0.2) is 0 Å². The molecule has 1 aliphatic rings. The van der Waals surface area contributed by atoms with Gasteiger partial charge < -0.3 is 10.2 Å². The molecule has 2 aromatic carbocycles. The van der Waals surface area contributed by atoms with E-state index in [1.165, 1.54) is 0 Å². The van der Waals surface area contributed by atoms with E-state index in [1.54, 1.807) is 27.8 Å². The Bertz CT molecular complexity index is 1160. The molecule has 0 radical (unpaired) electrons. The fraction of sp³-hybridized carbons (Fsp3) is 0.320. The van der Waals surface area contributed by atoms with E-state index in [-0.39, 0.29) is 30.2 Å². The maximum Gasteiger partial charge on any atom is 0.245 e. The van der Waals surface area contributed by atoms with Crippen LogP contribution < -0.4 is 5.32 Å². The van der Waals surface area contributed by atoms with Crippen LogP contribution in [0.15, 0.2) is 54.6 Å². The molecule has 1 aromatic heterocycles. The summed E-state index contributed by atoms with van der Waals surface area (Å²) in [5.74, 6) is 0.600. The number of carbonyl (C=O) groups excluding carboxylic acids is 2. The monoisotopic (exact) mass is 484 g/mol. The lowest BCUT2D eigenvalue weighted by Gasteiger charge is -2.24. The van der Waals surface area contributed by atoms with E-state index >= 15 is 0 Å². The first-order valence-electron chi connectivity index (χ1n) is 11.0. The second-order valence-electron chi connectivity index (χ2n) is 8.73. The minimum absolute atomic E-state index is 0.000732. The minimum Gasteiger partial charge on any atom is -0.333 e. The minimum atomic E-state index is -0.273. The zero-order chi connectivity index (χ0) is 23.5. The number of halogens is 2. The lowest BCUT2D eigenvalue weighted by molar-refractivity contribution is -0.136. The van der Waals surface area contributed by atoms with E-state index in [2.05, 4.69) is 5.32 Å². The molecule has 4 rings (SSSR count). The molecule has 33 heavy (non-hydrogen) atoms. The summed E-state index contributed by atoms with van der Waals surface area (Å²) < 4.78 is 1.62. The average Bonchev–Trinajstić information content (AvgIpc) is 3.55. The van der Waals surface area contributed by atoms with Gasteiger partial charge in [0.1, 0.15) is 5.82 Å². The maximum atomic E-state index is 13.0. The van der Waals surface area contributed by atoms with E-state index in [1.807, 2.05) is 50.2 Å². The van der Waals surface area contributed by atoms with Gasteiger partial charge in [0.05, 0.1) is 28.0 Å². The molecule has 6 nitrogen and oxygen atoms in total. The summed E-state index contributed by atoms with van der Waals surface area (Å²) in [6.45, 7) is 4.62. The predicted molar refractivity (Wildman–Crippen MR) is 132 cm³/mol. The highest BCUT2D eigenvalue weighted by atomic mass is 35.5. The molecule has 8 heteroatoms.